The summed E-state index contributed by atoms with van der Waals surface area (Å²) in [6.07, 6.45) is 4.25. The molecular formula is C20H29N3O2. The zero-order valence-electron chi connectivity index (χ0n) is 15.3. The Morgan fingerprint density at radius 2 is 1.84 bits per heavy atom. The average Bonchev–Trinajstić information content (AvgIpc) is 2.67. The molecule has 2 aliphatic heterocycles. The van der Waals surface area contributed by atoms with Gasteiger partial charge in [0.2, 0.25) is 0 Å². The summed E-state index contributed by atoms with van der Waals surface area (Å²) >= 11 is 0. The lowest BCUT2D eigenvalue weighted by molar-refractivity contribution is 0.0697. The molecule has 1 atom stereocenters. The maximum Gasteiger partial charge on any atom is 0.317 e. The van der Waals surface area contributed by atoms with Crippen molar-refractivity contribution in [3.8, 4) is 0 Å². The monoisotopic (exact) mass is 343 g/mol. The topological polar surface area (TPSA) is 52.7 Å². The van der Waals surface area contributed by atoms with Crippen molar-refractivity contribution < 1.29 is 9.59 Å². The Balaban J connectivity index is 1.70. The summed E-state index contributed by atoms with van der Waals surface area (Å²) in [5.74, 6) is 1.17. The molecule has 136 valence electrons. The van der Waals surface area contributed by atoms with Gasteiger partial charge in [-0.05, 0) is 49.3 Å². The fraction of sp³-hybridized carbons (Fsp3) is 0.600. The lowest BCUT2D eigenvalue weighted by Gasteiger charge is -2.33. The first kappa shape index (κ1) is 17.8. The zero-order valence-corrected chi connectivity index (χ0v) is 15.3. The molecule has 2 heterocycles. The highest BCUT2D eigenvalue weighted by Gasteiger charge is 2.26. The maximum atomic E-state index is 12.8. The molecule has 25 heavy (non-hydrogen) atoms. The molecule has 5 heteroatoms. The zero-order chi connectivity index (χ0) is 17.8. The third kappa shape index (κ3) is 4.14. The van der Waals surface area contributed by atoms with Crippen LogP contribution in [0.4, 0.5) is 4.79 Å². The molecule has 0 bridgehead atoms. The summed E-state index contributed by atoms with van der Waals surface area (Å²) in [4.78, 5) is 28.6. The summed E-state index contributed by atoms with van der Waals surface area (Å²) in [5, 5.41) is 2.71. The first-order valence-electron chi connectivity index (χ1n) is 9.44. The molecule has 2 aliphatic rings. The number of rotatable bonds is 2. The van der Waals surface area contributed by atoms with Crippen LogP contribution >= 0.6 is 0 Å². The molecule has 3 rings (SSSR count). The third-order valence-corrected chi connectivity index (χ3v) is 5.60. The van der Waals surface area contributed by atoms with Gasteiger partial charge in [0.1, 0.15) is 0 Å². The van der Waals surface area contributed by atoms with Gasteiger partial charge >= 0.3 is 6.03 Å². The van der Waals surface area contributed by atoms with E-state index in [-0.39, 0.29) is 11.9 Å². The summed E-state index contributed by atoms with van der Waals surface area (Å²) in [6.45, 7) is 5.50. The minimum atomic E-state index is -0.0145. The third-order valence-electron chi connectivity index (χ3n) is 5.60. The Bertz CT molecular complexity index is 623. The van der Waals surface area contributed by atoms with E-state index in [0.717, 1.165) is 57.4 Å². The van der Waals surface area contributed by atoms with E-state index in [1.807, 2.05) is 28.0 Å². The van der Waals surface area contributed by atoms with Crippen LogP contribution in [0.3, 0.4) is 0 Å². The molecule has 0 spiro atoms. The van der Waals surface area contributed by atoms with Gasteiger partial charge in [0.15, 0.2) is 0 Å². The highest BCUT2D eigenvalue weighted by Crippen LogP contribution is 2.28. The van der Waals surface area contributed by atoms with Crippen molar-refractivity contribution in [2.45, 2.75) is 38.5 Å². The predicted octanol–water partition coefficient (Wildman–Crippen LogP) is 3.08. The van der Waals surface area contributed by atoms with Gasteiger partial charge in [0.25, 0.3) is 5.91 Å². The van der Waals surface area contributed by atoms with E-state index in [4.69, 9.17) is 0 Å². The highest BCUT2D eigenvalue weighted by atomic mass is 16.2. The van der Waals surface area contributed by atoms with Crippen molar-refractivity contribution in [3.05, 3.63) is 35.4 Å². The molecule has 1 aromatic carbocycles. The molecule has 1 aromatic rings. The maximum absolute atomic E-state index is 12.8. The second-order valence-corrected chi connectivity index (χ2v) is 7.44. The van der Waals surface area contributed by atoms with Crippen LogP contribution in [-0.4, -0.2) is 55.0 Å². The summed E-state index contributed by atoms with van der Waals surface area (Å²) in [7, 11) is 1.67. The number of hydrogen-bond acceptors (Lipinski definition) is 2. The number of benzene rings is 1. The fourth-order valence-corrected chi connectivity index (χ4v) is 3.91. The van der Waals surface area contributed by atoms with E-state index in [1.54, 1.807) is 7.05 Å². The van der Waals surface area contributed by atoms with Crippen LogP contribution in [0.1, 0.15) is 54.4 Å². The van der Waals surface area contributed by atoms with Crippen molar-refractivity contribution in [1.29, 1.82) is 0 Å². The van der Waals surface area contributed by atoms with Crippen LogP contribution in [0.25, 0.3) is 0 Å². The summed E-state index contributed by atoms with van der Waals surface area (Å²) < 4.78 is 0. The van der Waals surface area contributed by atoms with E-state index in [1.165, 1.54) is 5.56 Å². The Morgan fingerprint density at radius 1 is 1.08 bits per heavy atom. The van der Waals surface area contributed by atoms with Gasteiger partial charge in [-0.15, -0.1) is 0 Å². The summed E-state index contributed by atoms with van der Waals surface area (Å²) in [5.41, 5.74) is 1.95. The second kappa shape index (κ2) is 7.89. The highest BCUT2D eigenvalue weighted by molar-refractivity contribution is 5.94. The van der Waals surface area contributed by atoms with Gasteiger partial charge in [-0.1, -0.05) is 19.1 Å². The second-order valence-electron chi connectivity index (χ2n) is 7.44. The molecule has 0 saturated carbocycles. The van der Waals surface area contributed by atoms with Gasteiger partial charge in [-0.25, -0.2) is 4.79 Å². The Labute approximate surface area is 150 Å². The van der Waals surface area contributed by atoms with Gasteiger partial charge in [0.05, 0.1) is 0 Å². The molecule has 0 radical (unpaired) electrons. The quantitative estimate of drug-likeness (QED) is 0.897. The molecule has 3 amide bonds. The van der Waals surface area contributed by atoms with Crippen molar-refractivity contribution >= 4 is 11.9 Å². The van der Waals surface area contributed by atoms with Crippen molar-refractivity contribution in [2.24, 2.45) is 5.92 Å². The van der Waals surface area contributed by atoms with E-state index in [2.05, 4.69) is 18.3 Å². The Hall–Kier alpha value is -2.04. The van der Waals surface area contributed by atoms with Crippen molar-refractivity contribution in [2.75, 3.05) is 33.2 Å². The molecule has 0 aliphatic carbocycles. The molecule has 0 unspecified atom stereocenters. The minimum absolute atomic E-state index is 0.0145. The van der Waals surface area contributed by atoms with Crippen molar-refractivity contribution in [3.63, 3.8) is 0 Å². The molecule has 5 nitrogen and oxygen atoms in total. The van der Waals surface area contributed by atoms with E-state index in [0.29, 0.717) is 11.8 Å². The Morgan fingerprint density at radius 3 is 2.56 bits per heavy atom. The lowest BCUT2D eigenvalue weighted by atomic mass is 9.89. The van der Waals surface area contributed by atoms with Crippen LogP contribution < -0.4 is 5.32 Å². The Kier molecular flexibility index (Phi) is 5.61. The average molecular weight is 343 g/mol. The minimum Gasteiger partial charge on any atom is -0.341 e. The predicted molar refractivity (Wildman–Crippen MR) is 98.7 cm³/mol. The van der Waals surface area contributed by atoms with E-state index < -0.39 is 0 Å². The molecule has 2 fully saturated rings. The number of urea groups is 1. The van der Waals surface area contributed by atoms with Crippen molar-refractivity contribution in [1.82, 2.24) is 15.1 Å². The van der Waals surface area contributed by atoms with Gasteiger partial charge in [-0.3, -0.25) is 4.79 Å². The number of carbonyl (C=O) groups excluding carboxylic acids is 2. The van der Waals surface area contributed by atoms with Crippen LogP contribution in [0.15, 0.2) is 24.3 Å². The largest absolute Gasteiger partial charge is 0.341 e. The van der Waals surface area contributed by atoms with Crippen LogP contribution in [0.5, 0.6) is 0 Å². The number of hydrogen-bond donors (Lipinski definition) is 1. The number of nitrogens with one attached hydrogen (secondary N) is 1. The molecule has 0 aromatic heterocycles. The van der Waals surface area contributed by atoms with Crippen LogP contribution in [0.2, 0.25) is 0 Å². The van der Waals surface area contributed by atoms with Crippen LogP contribution in [-0.2, 0) is 0 Å². The number of nitrogens with zero attached hydrogens (tertiary/aromatic N) is 2. The normalized spacial score (nSPS) is 21.9. The molecular weight excluding hydrogens is 314 g/mol. The molecule has 2 saturated heterocycles. The standard InChI is InChI=1S/C20H29N3O2/c1-15-8-11-22(12-9-15)19(24)17-6-3-5-16(13-17)18-7-4-10-23(14-18)20(25)21-2/h3,5-6,13,15,18H,4,7-12,14H2,1-2H3,(H,21,25)/t18-/m0/s1. The smallest absolute Gasteiger partial charge is 0.317 e. The molecule has 1 N–H and O–H groups in total. The lowest BCUT2D eigenvalue weighted by Crippen LogP contribution is -2.43. The van der Waals surface area contributed by atoms with E-state index in [9.17, 15) is 9.59 Å². The number of likely N-dealkylation sites (tertiary alicyclic amines) is 2. The number of piperidine rings is 2. The van der Waals surface area contributed by atoms with Gasteiger partial charge in [0, 0.05) is 44.7 Å². The number of carbonyl (C=O) groups is 2. The van der Waals surface area contributed by atoms with Gasteiger partial charge < -0.3 is 15.1 Å². The van der Waals surface area contributed by atoms with Gasteiger partial charge in [-0.2, -0.15) is 0 Å². The first-order valence-corrected chi connectivity index (χ1v) is 9.44. The number of amides is 3. The SMILES string of the molecule is CNC(=O)N1CCC[C@H](c2cccc(C(=O)N3CCC(C)CC3)c2)C1. The van der Waals surface area contributed by atoms with E-state index >= 15 is 0 Å². The van der Waals surface area contributed by atoms with Crippen LogP contribution in [0, 0.1) is 5.92 Å². The first-order chi connectivity index (χ1) is 12.1. The fourth-order valence-electron chi connectivity index (χ4n) is 3.91. The summed E-state index contributed by atoms with van der Waals surface area (Å²) in [6, 6.07) is 8.02.